The molecule has 0 bridgehead atoms. The van der Waals surface area contributed by atoms with Crippen LogP contribution in [0.4, 0.5) is 4.39 Å². The minimum absolute atomic E-state index is 0.227. The normalized spacial score (nSPS) is 18.0. The van der Waals surface area contributed by atoms with Crippen LogP contribution in [0.3, 0.4) is 0 Å². The van der Waals surface area contributed by atoms with Gasteiger partial charge in [0.15, 0.2) is 11.3 Å². The van der Waals surface area contributed by atoms with Crippen LogP contribution in [0.15, 0.2) is 39.5 Å². The van der Waals surface area contributed by atoms with E-state index in [1.807, 2.05) is 18.2 Å². The Balaban J connectivity index is 1.48. The molecule has 0 saturated carbocycles. The molecule has 144 valence electrons. The number of halogens is 2. The van der Waals surface area contributed by atoms with Gasteiger partial charge in [0.05, 0.1) is 17.1 Å². The maximum Gasteiger partial charge on any atom is 0.339 e. The maximum atomic E-state index is 13.1. The lowest BCUT2D eigenvalue weighted by atomic mass is 10.0. The van der Waals surface area contributed by atoms with Crippen molar-refractivity contribution in [2.45, 2.75) is 32.2 Å². The molecule has 1 aliphatic heterocycles. The Kier molecular flexibility index (Phi) is 4.37. The summed E-state index contributed by atoms with van der Waals surface area (Å²) in [5.74, 6) is 0.399. The van der Waals surface area contributed by atoms with Crippen molar-refractivity contribution in [1.82, 2.24) is 0 Å². The number of ether oxygens (including phenoxy) is 1. The topological polar surface area (TPSA) is 43.9 Å². The quantitative estimate of drug-likeness (QED) is 0.687. The summed E-state index contributed by atoms with van der Waals surface area (Å²) in [6.45, 7) is 2.00. The van der Waals surface area contributed by atoms with Crippen LogP contribution in [0.25, 0.3) is 11.0 Å². The van der Waals surface area contributed by atoms with Gasteiger partial charge in [-0.1, -0.05) is 23.7 Å². The van der Waals surface area contributed by atoms with Crippen LogP contribution in [-0.2, 0) is 25.8 Å². The second-order valence-corrected chi connectivity index (χ2v) is 7.99. The molecule has 0 spiro atoms. The molecule has 1 atom stereocenters. The molecule has 1 aliphatic carbocycles. The summed E-state index contributed by atoms with van der Waals surface area (Å²) in [6.07, 6.45) is 3.44. The molecule has 0 radical (unpaired) electrons. The van der Waals surface area contributed by atoms with Gasteiger partial charge in [-0.25, -0.2) is 9.18 Å². The number of rotatable bonds is 3. The van der Waals surface area contributed by atoms with E-state index in [9.17, 15) is 9.18 Å². The zero-order chi connectivity index (χ0) is 19.3. The molecule has 28 heavy (non-hydrogen) atoms. The third-order valence-corrected chi connectivity index (χ3v) is 6.07. The molecule has 3 aromatic rings. The first-order valence-corrected chi connectivity index (χ1v) is 9.98. The Morgan fingerprint density at radius 3 is 2.71 bits per heavy atom. The molecule has 0 amide bonds. The number of fused-ring (bicyclic) bond motifs is 5. The number of hydrogen-bond donors (Lipinski definition) is 1. The maximum absolute atomic E-state index is 13.1. The van der Waals surface area contributed by atoms with Gasteiger partial charge in [0.25, 0.3) is 0 Å². The monoisotopic (exact) mass is 400 g/mol. The summed E-state index contributed by atoms with van der Waals surface area (Å²) in [5.41, 5.74) is 4.21. The summed E-state index contributed by atoms with van der Waals surface area (Å²) >= 11 is 6.51. The van der Waals surface area contributed by atoms with Crippen molar-refractivity contribution < 1.29 is 18.4 Å². The molecular formula is C22H20ClFNO3+. The van der Waals surface area contributed by atoms with Crippen LogP contribution >= 0.6 is 11.6 Å². The molecule has 1 N–H and O–H groups in total. The minimum atomic E-state index is -0.233. The van der Waals surface area contributed by atoms with Crippen molar-refractivity contribution in [3.63, 3.8) is 0 Å². The second kappa shape index (κ2) is 6.90. The average molecular weight is 401 g/mol. The fraction of sp³-hybridized carbons (Fsp3) is 0.318. The zero-order valence-corrected chi connectivity index (χ0v) is 16.1. The van der Waals surface area contributed by atoms with E-state index in [0.29, 0.717) is 29.6 Å². The summed E-state index contributed by atoms with van der Waals surface area (Å²) in [4.78, 5) is 13.6. The molecule has 5 rings (SSSR count). The lowest BCUT2D eigenvalue weighted by Crippen LogP contribution is -3.12. The van der Waals surface area contributed by atoms with E-state index < -0.39 is 0 Å². The van der Waals surface area contributed by atoms with E-state index in [4.69, 9.17) is 20.8 Å². The van der Waals surface area contributed by atoms with Crippen molar-refractivity contribution >= 4 is 22.6 Å². The van der Waals surface area contributed by atoms with E-state index in [1.54, 1.807) is 0 Å². The first-order chi connectivity index (χ1) is 13.6. The van der Waals surface area contributed by atoms with Gasteiger partial charge in [-0.15, -0.1) is 0 Å². The lowest BCUT2D eigenvalue weighted by molar-refractivity contribution is -0.932. The van der Waals surface area contributed by atoms with Crippen molar-refractivity contribution in [2.75, 3.05) is 13.3 Å². The van der Waals surface area contributed by atoms with Gasteiger partial charge >= 0.3 is 5.63 Å². The predicted molar refractivity (Wildman–Crippen MR) is 105 cm³/mol. The van der Waals surface area contributed by atoms with Crippen LogP contribution in [-0.4, -0.2) is 13.3 Å². The number of nitrogens with one attached hydrogen (secondary N) is 1. The van der Waals surface area contributed by atoms with Gasteiger partial charge in [-0.3, -0.25) is 4.90 Å². The van der Waals surface area contributed by atoms with Crippen LogP contribution in [0, 0.1) is 5.82 Å². The van der Waals surface area contributed by atoms with Gasteiger partial charge < -0.3 is 9.15 Å². The Hall–Kier alpha value is -2.37. The largest absolute Gasteiger partial charge is 0.443 e. The highest BCUT2D eigenvalue weighted by Gasteiger charge is 2.29. The molecule has 2 heterocycles. The standard InChI is InChI=1S/C22H19ClFNO3/c23-19-10-17-15-2-1-3-16(15)22(26)28-20(17)18-11-25(12-27-21(18)19)9-8-13-4-6-14(24)7-5-13/h4-7,10H,1-3,8-9,11-12H2/p+1. The summed E-state index contributed by atoms with van der Waals surface area (Å²) in [6, 6.07) is 8.46. The first kappa shape index (κ1) is 17.7. The van der Waals surface area contributed by atoms with Gasteiger partial charge in [-0.2, -0.15) is 0 Å². The number of quaternary nitrogens is 1. The third-order valence-electron chi connectivity index (χ3n) is 5.79. The highest BCUT2D eigenvalue weighted by Crippen LogP contribution is 2.39. The van der Waals surface area contributed by atoms with Crippen LogP contribution in [0.5, 0.6) is 5.75 Å². The van der Waals surface area contributed by atoms with Gasteiger partial charge in [-0.05, 0) is 48.6 Å². The van der Waals surface area contributed by atoms with Gasteiger partial charge in [0, 0.05) is 17.4 Å². The molecule has 0 fully saturated rings. The second-order valence-electron chi connectivity index (χ2n) is 7.58. The Bertz CT molecular complexity index is 1120. The van der Waals surface area contributed by atoms with Crippen LogP contribution in [0.2, 0.25) is 5.02 Å². The fourth-order valence-electron chi connectivity index (χ4n) is 4.35. The minimum Gasteiger partial charge on any atom is -0.443 e. The fourth-order valence-corrected chi connectivity index (χ4v) is 4.63. The molecule has 1 unspecified atom stereocenters. The van der Waals surface area contributed by atoms with Crippen LogP contribution < -0.4 is 15.3 Å². The van der Waals surface area contributed by atoms with Crippen molar-refractivity contribution in [3.05, 3.63) is 73.8 Å². The van der Waals surface area contributed by atoms with Crippen molar-refractivity contribution in [1.29, 1.82) is 0 Å². The molecule has 2 aromatic carbocycles. The Labute approximate surface area is 166 Å². The summed E-state index contributed by atoms with van der Waals surface area (Å²) in [5, 5.41) is 1.52. The number of hydrogen-bond acceptors (Lipinski definition) is 3. The third kappa shape index (κ3) is 2.99. The smallest absolute Gasteiger partial charge is 0.339 e. The van der Waals surface area contributed by atoms with E-state index in [1.165, 1.54) is 17.0 Å². The van der Waals surface area contributed by atoms with E-state index >= 15 is 0 Å². The Morgan fingerprint density at radius 1 is 1.11 bits per heavy atom. The lowest BCUT2D eigenvalue weighted by Gasteiger charge is -2.27. The van der Waals surface area contributed by atoms with Crippen molar-refractivity contribution in [2.24, 2.45) is 0 Å². The average Bonchev–Trinajstić information content (AvgIpc) is 3.20. The van der Waals surface area contributed by atoms with Crippen molar-refractivity contribution in [3.8, 4) is 5.75 Å². The highest BCUT2D eigenvalue weighted by molar-refractivity contribution is 6.33. The van der Waals surface area contributed by atoms with Gasteiger partial charge in [0.1, 0.15) is 12.4 Å². The molecule has 2 aliphatic rings. The molecule has 4 nitrogen and oxygen atoms in total. The first-order valence-electron chi connectivity index (χ1n) is 9.61. The predicted octanol–water partition coefficient (Wildman–Crippen LogP) is 3.05. The van der Waals surface area contributed by atoms with E-state index in [-0.39, 0.29) is 11.4 Å². The number of benzene rings is 2. The zero-order valence-electron chi connectivity index (χ0n) is 15.3. The molecule has 1 aromatic heterocycles. The summed E-state index contributed by atoms with van der Waals surface area (Å²) < 4.78 is 24.8. The Morgan fingerprint density at radius 2 is 1.89 bits per heavy atom. The summed E-state index contributed by atoms with van der Waals surface area (Å²) in [7, 11) is 0. The molecule has 0 saturated heterocycles. The molecular weight excluding hydrogens is 381 g/mol. The van der Waals surface area contributed by atoms with E-state index in [0.717, 1.165) is 59.9 Å². The highest BCUT2D eigenvalue weighted by atomic mass is 35.5. The van der Waals surface area contributed by atoms with E-state index in [2.05, 4.69) is 0 Å². The van der Waals surface area contributed by atoms with Crippen LogP contribution in [0.1, 0.15) is 28.7 Å². The molecule has 6 heteroatoms. The SMILES string of the molecule is O=c1oc2c3c(c(Cl)cc2c2c1CCC2)OC[NH+](CCc1ccc(F)cc1)C3. The number of aryl methyl sites for hydroxylation is 1. The van der Waals surface area contributed by atoms with Gasteiger partial charge in [0.2, 0.25) is 6.73 Å².